The lowest BCUT2D eigenvalue weighted by Crippen LogP contribution is -2.30. The van der Waals surface area contributed by atoms with Crippen molar-refractivity contribution in [2.24, 2.45) is 0 Å². The molecule has 3 rings (SSSR count). The molecular formula is C19H22N4O2S2. The highest BCUT2D eigenvalue weighted by Gasteiger charge is 2.24. The first-order valence-electron chi connectivity index (χ1n) is 8.64. The van der Waals surface area contributed by atoms with Crippen molar-refractivity contribution in [1.29, 1.82) is 0 Å². The van der Waals surface area contributed by atoms with Crippen LogP contribution in [0.5, 0.6) is 0 Å². The summed E-state index contributed by atoms with van der Waals surface area (Å²) in [6.07, 6.45) is 3.23. The van der Waals surface area contributed by atoms with Crippen molar-refractivity contribution in [2.45, 2.75) is 31.7 Å². The molecule has 0 aliphatic heterocycles. The molecule has 0 amide bonds. The molecule has 0 bridgehead atoms. The zero-order valence-corrected chi connectivity index (χ0v) is 17.1. The van der Waals surface area contributed by atoms with E-state index in [0.717, 1.165) is 9.88 Å². The Morgan fingerprint density at radius 3 is 2.41 bits per heavy atom. The van der Waals surface area contributed by atoms with Crippen molar-refractivity contribution in [3.05, 3.63) is 64.7 Å². The second-order valence-electron chi connectivity index (χ2n) is 6.06. The third-order valence-electron chi connectivity index (χ3n) is 4.03. The van der Waals surface area contributed by atoms with Gasteiger partial charge >= 0.3 is 0 Å². The highest BCUT2D eigenvalue weighted by Crippen LogP contribution is 2.25. The summed E-state index contributed by atoms with van der Waals surface area (Å²) in [4.78, 5) is 9.96. The van der Waals surface area contributed by atoms with E-state index in [1.165, 1.54) is 10.5 Å². The van der Waals surface area contributed by atoms with Gasteiger partial charge in [0.1, 0.15) is 15.7 Å². The summed E-state index contributed by atoms with van der Waals surface area (Å²) in [5.41, 5.74) is 0.634. The maximum atomic E-state index is 13.0. The maximum absolute atomic E-state index is 13.0. The van der Waals surface area contributed by atoms with Gasteiger partial charge in [-0.25, -0.2) is 18.4 Å². The molecule has 142 valence electrons. The lowest BCUT2D eigenvalue weighted by atomic mass is 10.3. The summed E-state index contributed by atoms with van der Waals surface area (Å²) < 4.78 is 27.3. The molecule has 1 N–H and O–H groups in total. The first-order chi connectivity index (χ1) is 12.9. The molecular weight excluding hydrogens is 380 g/mol. The molecule has 0 radical (unpaired) electrons. The van der Waals surface area contributed by atoms with Gasteiger partial charge in [-0.15, -0.1) is 11.3 Å². The standard InChI is InChI=1S/C19H22N4O2S2/c1-4-23(16-8-6-5-7-9-16)27(24,25)17-10-11-18(20-13-17)22-15(3)19-21-12-14(2)26-19/h5-13,15H,4H2,1-3H3,(H,20,22). The predicted molar refractivity (Wildman–Crippen MR) is 110 cm³/mol. The summed E-state index contributed by atoms with van der Waals surface area (Å²) >= 11 is 1.62. The molecule has 0 aliphatic rings. The molecule has 6 nitrogen and oxygen atoms in total. The largest absolute Gasteiger partial charge is 0.361 e. The molecule has 1 aromatic carbocycles. The van der Waals surface area contributed by atoms with Gasteiger partial charge < -0.3 is 5.32 Å². The predicted octanol–water partition coefficient (Wildman–Crippen LogP) is 4.23. The molecule has 2 aromatic heterocycles. The van der Waals surface area contributed by atoms with Crippen LogP contribution in [0.2, 0.25) is 0 Å². The van der Waals surface area contributed by atoms with Gasteiger partial charge in [0.05, 0.1) is 11.7 Å². The first-order valence-corrected chi connectivity index (χ1v) is 10.9. The summed E-state index contributed by atoms with van der Waals surface area (Å²) in [5, 5.41) is 4.22. The molecule has 0 fully saturated rings. The number of hydrogen-bond donors (Lipinski definition) is 1. The number of sulfonamides is 1. The number of hydrogen-bond acceptors (Lipinski definition) is 6. The van der Waals surface area contributed by atoms with Gasteiger partial charge in [0, 0.05) is 23.8 Å². The van der Waals surface area contributed by atoms with Crippen LogP contribution in [0.4, 0.5) is 11.5 Å². The highest BCUT2D eigenvalue weighted by atomic mass is 32.2. The van der Waals surface area contributed by atoms with Crippen LogP contribution in [-0.4, -0.2) is 24.9 Å². The van der Waals surface area contributed by atoms with Crippen molar-refractivity contribution in [3.8, 4) is 0 Å². The number of benzene rings is 1. The van der Waals surface area contributed by atoms with Crippen molar-refractivity contribution < 1.29 is 8.42 Å². The van der Waals surface area contributed by atoms with E-state index in [0.29, 0.717) is 18.1 Å². The second kappa shape index (κ2) is 8.06. The number of nitrogens with zero attached hydrogens (tertiary/aromatic N) is 3. The minimum Gasteiger partial charge on any atom is -0.361 e. The van der Waals surface area contributed by atoms with E-state index in [2.05, 4.69) is 15.3 Å². The van der Waals surface area contributed by atoms with Gasteiger partial charge in [0.2, 0.25) is 0 Å². The Morgan fingerprint density at radius 2 is 1.85 bits per heavy atom. The molecule has 1 unspecified atom stereocenters. The van der Waals surface area contributed by atoms with E-state index in [4.69, 9.17) is 0 Å². The summed E-state index contributed by atoms with van der Waals surface area (Å²) in [7, 11) is -3.67. The van der Waals surface area contributed by atoms with Gasteiger partial charge in [-0.05, 0) is 45.0 Å². The fourth-order valence-electron chi connectivity index (χ4n) is 2.69. The minimum atomic E-state index is -3.67. The number of aryl methyl sites for hydroxylation is 1. The number of pyridine rings is 1. The number of thiazole rings is 1. The molecule has 0 aliphatic carbocycles. The zero-order chi connectivity index (χ0) is 19.4. The van der Waals surface area contributed by atoms with E-state index in [1.807, 2.05) is 45.2 Å². The van der Waals surface area contributed by atoms with E-state index in [9.17, 15) is 8.42 Å². The fourth-order valence-corrected chi connectivity index (χ4v) is 4.88. The van der Waals surface area contributed by atoms with Gasteiger partial charge in [0.25, 0.3) is 10.0 Å². The number of para-hydroxylation sites is 1. The maximum Gasteiger partial charge on any atom is 0.265 e. The molecule has 2 heterocycles. The molecule has 8 heteroatoms. The number of rotatable bonds is 7. The van der Waals surface area contributed by atoms with Crippen LogP contribution in [0, 0.1) is 6.92 Å². The normalized spacial score (nSPS) is 12.6. The lowest BCUT2D eigenvalue weighted by molar-refractivity contribution is 0.591. The molecule has 3 aromatic rings. The Labute approximate surface area is 164 Å². The summed E-state index contributed by atoms with van der Waals surface area (Å²) in [5.74, 6) is 0.608. The Balaban J connectivity index is 1.79. The number of anilines is 2. The molecule has 27 heavy (non-hydrogen) atoms. The quantitative estimate of drug-likeness (QED) is 0.640. The fraction of sp³-hybridized carbons (Fsp3) is 0.263. The third kappa shape index (κ3) is 4.28. The molecule has 0 saturated heterocycles. The van der Waals surface area contributed by atoms with Crippen molar-refractivity contribution >= 4 is 32.9 Å². The average molecular weight is 403 g/mol. The Kier molecular flexibility index (Phi) is 5.76. The molecule has 0 saturated carbocycles. The molecule has 0 spiro atoms. The van der Waals surface area contributed by atoms with Crippen LogP contribution in [0.15, 0.2) is 59.8 Å². The second-order valence-corrected chi connectivity index (χ2v) is 9.19. The van der Waals surface area contributed by atoms with E-state index < -0.39 is 10.0 Å². The van der Waals surface area contributed by atoms with Crippen LogP contribution < -0.4 is 9.62 Å². The smallest absolute Gasteiger partial charge is 0.265 e. The van der Waals surface area contributed by atoms with E-state index in [-0.39, 0.29) is 10.9 Å². The van der Waals surface area contributed by atoms with Gasteiger partial charge in [-0.3, -0.25) is 4.31 Å². The molecule has 1 atom stereocenters. The van der Waals surface area contributed by atoms with Crippen LogP contribution in [0.25, 0.3) is 0 Å². The number of nitrogens with one attached hydrogen (secondary N) is 1. The summed E-state index contributed by atoms with van der Waals surface area (Å²) in [6.45, 7) is 6.16. The van der Waals surface area contributed by atoms with E-state index in [1.54, 1.807) is 35.6 Å². The van der Waals surface area contributed by atoms with Crippen molar-refractivity contribution in [3.63, 3.8) is 0 Å². The van der Waals surface area contributed by atoms with Crippen LogP contribution in [0.3, 0.4) is 0 Å². The lowest BCUT2D eigenvalue weighted by Gasteiger charge is -2.22. The Hall–Kier alpha value is -2.45. The minimum absolute atomic E-state index is 0.00452. The van der Waals surface area contributed by atoms with Crippen LogP contribution >= 0.6 is 11.3 Å². The topological polar surface area (TPSA) is 75.2 Å². The Bertz CT molecular complexity index is 986. The number of aromatic nitrogens is 2. The van der Waals surface area contributed by atoms with Crippen molar-refractivity contribution in [2.75, 3.05) is 16.2 Å². The van der Waals surface area contributed by atoms with Crippen LogP contribution in [-0.2, 0) is 10.0 Å². The Morgan fingerprint density at radius 1 is 1.11 bits per heavy atom. The summed E-state index contributed by atoms with van der Waals surface area (Å²) in [6, 6.07) is 12.3. The highest BCUT2D eigenvalue weighted by molar-refractivity contribution is 7.92. The van der Waals surface area contributed by atoms with Gasteiger partial charge in [-0.2, -0.15) is 0 Å². The van der Waals surface area contributed by atoms with E-state index >= 15 is 0 Å². The van der Waals surface area contributed by atoms with Gasteiger partial charge in [-0.1, -0.05) is 18.2 Å². The zero-order valence-electron chi connectivity index (χ0n) is 15.5. The monoisotopic (exact) mass is 402 g/mol. The third-order valence-corrected chi connectivity index (χ3v) is 7.01. The van der Waals surface area contributed by atoms with Crippen LogP contribution in [0.1, 0.15) is 29.8 Å². The first kappa shape index (κ1) is 19.3. The van der Waals surface area contributed by atoms with Crippen molar-refractivity contribution in [1.82, 2.24) is 9.97 Å². The average Bonchev–Trinajstić information content (AvgIpc) is 3.10. The van der Waals surface area contributed by atoms with Gasteiger partial charge in [0.15, 0.2) is 0 Å². The SMILES string of the molecule is CCN(c1ccccc1)S(=O)(=O)c1ccc(NC(C)c2ncc(C)s2)nc1.